The Labute approximate surface area is 232 Å². The number of carbonyl (C=O) groups is 1. The predicted molar refractivity (Wildman–Crippen MR) is 143 cm³/mol. The molecule has 0 atom stereocenters. The maximum Gasteiger partial charge on any atom is 0.407 e. The van der Waals surface area contributed by atoms with E-state index in [1.807, 2.05) is 0 Å². The maximum atomic E-state index is 14.7. The standard InChI is InChI=1S/C27H27ClF2N4O6/c1-27(2,3)40-26(37)31-10-11-38-22-9-7-19(29)23(30)17(22)14-39-16-5-6-18(28)21(12-16)34-24-20(33-25(34)36)8-4-15(13-35)32-24/h4-9,12,35H,10-11,13-14H2,1-3H3,(H,31,37)(H,33,36). The van der Waals surface area contributed by atoms with Crippen molar-refractivity contribution in [3.8, 4) is 17.2 Å². The molecule has 3 N–H and O–H groups in total. The Morgan fingerprint density at radius 1 is 1.15 bits per heavy atom. The number of pyridine rings is 1. The van der Waals surface area contributed by atoms with E-state index in [4.69, 9.17) is 25.8 Å². The number of carbonyl (C=O) groups excluding carboxylic acids is 1. The summed E-state index contributed by atoms with van der Waals surface area (Å²) in [7, 11) is 0. The van der Waals surface area contributed by atoms with Crippen molar-refractivity contribution in [2.75, 3.05) is 13.2 Å². The van der Waals surface area contributed by atoms with Crippen molar-refractivity contribution in [2.24, 2.45) is 0 Å². The molecule has 0 unspecified atom stereocenters. The monoisotopic (exact) mass is 576 g/mol. The van der Waals surface area contributed by atoms with E-state index in [1.54, 1.807) is 32.9 Å². The number of hydrogen-bond donors (Lipinski definition) is 3. The summed E-state index contributed by atoms with van der Waals surface area (Å²) in [4.78, 5) is 31.5. The van der Waals surface area contributed by atoms with Gasteiger partial charge in [-0.1, -0.05) is 11.6 Å². The van der Waals surface area contributed by atoms with Crippen LogP contribution in [0.25, 0.3) is 16.9 Å². The number of aliphatic hydroxyl groups is 1. The van der Waals surface area contributed by atoms with E-state index in [0.29, 0.717) is 11.2 Å². The molecular weight excluding hydrogens is 550 g/mol. The molecule has 0 aliphatic heterocycles. The van der Waals surface area contributed by atoms with Gasteiger partial charge in [-0.15, -0.1) is 0 Å². The highest BCUT2D eigenvalue weighted by molar-refractivity contribution is 6.32. The van der Waals surface area contributed by atoms with Crippen molar-refractivity contribution in [3.63, 3.8) is 0 Å². The van der Waals surface area contributed by atoms with Crippen LogP contribution in [0, 0.1) is 11.6 Å². The minimum Gasteiger partial charge on any atom is -0.491 e. The van der Waals surface area contributed by atoms with Gasteiger partial charge in [0, 0.05) is 6.07 Å². The number of nitrogens with one attached hydrogen (secondary N) is 2. The number of aromatic nitrogens is 3. The minimum absolute atomic E-state index is 0.0210. The van der Waals surface area contributed by atoms with Crippen LogP contribution in [0.4, 0.5) is 13.6 Å². The topological polar surface area (TPSA) is 128 Å². The Hall–Kier alpha value is -4.16. The number of benzene rings is 2. The molecule has 2 heterocycles. The second-order valence-electron chi connectivity index (χ2n) is 9.61. The molecule has 10 nitrogen and oxygen atoms in total. The van der Waals surface area contributed by atoms with Gasteiger partial charge >= 0.3 is 11.8 Å². The summed E-state index contributed by atoms with van der Waals surface area (Å²) < 4.78 is 46.5. The number of ether oxygens (including phenoxy) is 3. The summed E-state index contributed by atoms with van der Waals surface area (Å²) in [6, 6.07) is 9.80. The molecule has 2 aromatic carbocycles. The van der Waals surface area contributed by atoms with Gasteiger partial charge in [0.05, 0.1) is 40.6 Å². The summed E-state index contributed by atoms with van der Waals surface area (Å²) in [5.41, 5.74) is -0.146. The molecule has 4 aromatic rings. The molecule has 4 rings (SSSR count). The van der Waals surface area contributed by atoms with Crippen molar-refractivity contribution in [2.45, 2.75) is 39.6 Å². The van der Waals surface area contributed by atoms with Gasteiger partial charge in [0.2, 0.25) is 0 Å². The lowest BCUT2D eigenvalue weighted by Crippen LogP contribution is -2.34. The summed E-state index contributed by atoms with van der Waals surface area (Å²) in [6.07, 6.45) is -0.638. The van der Waals surface area contributed by atoms with E-state index in [2.05, 4.69) is 15.3 Å². The summed E-state index contributed by atoms with van der Waals surface area (Å²) >= 11 is 6.38. The van der Waals surface area contributed by atoms with Crippen LogP contribution in [-0.4, -0.2) is 44.5 Å². The number of nitrogens with zero attached hydrogens (tertiary/aromatic N) is 2. The molecule has 0 aliphatic rings. The Bertz CT molecular complexity index is 1600. The van der Waals surface area contributed by atoms with Crippen LogP contribution in [0.15, 0.2) is 47.3 Å². The van der Waals surface area contributed by atoms with E-state index < -0.39 is 35.6 Å². The van der Waals surface area contributed by atoms with E-state index >= 15 is 0 Å². The fourth-order valence-electron chi connectivity index (χ4n) is 3.72. The van der Waals surface area contributed by atoms with Crippen molar-refractivity contribution in [1.82, 2.24) is 19.9 Å². The van der Waals surface area contributed by atoms with Gasteiger partial charge in [-0.25, -0.2) is 27.9 Å². The number of H-pyrrole nitrogens is 1. The number of amides is 1. The third kappa shape index (κ3) is 6.69. The summed E-state index contributed by atoms with van der Waals surface area (Å²) in [6.45, 7) is 4.44. The first-order valence-electron chi connectivity index (χ1n) is 12.2. The summed E-state index contributed by atoms with van der Waals surface area (Å²) in [5.74, 6) is -2.03. The number of fused-ring (bicyclic) bond motifs is 1. The van der Waals surface area contributed by atoms with Crippen LogP contribution < -0.4 is 20.5 Å². The molecule has 0 fully saturated rings. The van der Waals surface area contributed by atoms with Gasteiger partial charge in [-0.05, 0) is 57.2 Å². The van der Waals surface area contributed by atoms with Crippen LogP contribution in [0.2, 0.25) is 5.02 Å². The number of alkyl carbamates (subject to hydrolysis) is 1. The lowest BCUT2D eigenvalue weighted by molar-refractivity contribution is 0.0520. The molecule has 0 bridgehead atoms. The molecule has 13 heteroatoms. The molecule has 0 spiro atoms. The lowest BCUT2D eigenvalue weighted by Gasteiger charge is -2.20. The zero-order chi connectivity index (χ0) is 29.0. The second kappa shape index (κ2) is 11.9. The van der Waals surface area contributed by atoms with Crippen molar-refractivity contribution in [3.05, 3.63) is 80.9 Å². The molecule has 1 amide bonds. The van der Waals surface area contributed by atoms with Gasteiger partial charge in [0.25, 0.3) is 0 Å². The largest absolute Gasteiger partial charge is 0.491 e. The van der Waals surface area contributed by atoms with Gasteiger partial charge in [-0.3, -0.25) is 0 Å². The van der Waals surface area contributed by atoms with Crippen molar-refractivity contribution in [1.29, 1.82) is 0 Å². The SMILES string of the molecule is CC(C)(C)OC(=O)NCCOc1ccc(F)c(F)c1COc1ccc(Cl)c(-n2c(=O)[nH]c3ccc(CO)nc32)c1. The number of halogens is 3. The highest BCUT2D eigenvalue weighted by atomic mass is 35.5. The quantitative estimate of drug-likeness (QED) is 0.248. The molecule has 0 saturated carbocycles. The maximum absolute atomic E-state index is 14.7. The normalized spacial score (nSPS) is 11.5. The van der Waals surface area contributed by atoms with Gasteiger partial charge in [-0.2, -0.15) is 0 Å². The Morgan fingerprint density at radius 2 is 1.93 bits per heavy atom. The molecular formula is C27H27ClF2N4O6. The van der Waals surface area contributed by atoms with E-state index in [0.717, 1.165) is 6.07 Å². The van der Waals surface area contributed by atoms with Gasteiger partial charge < -0.3 is 29.6 Å². The zero-order valence-corrected chi connectivity index (χ0v) is 22.6. The smallest absolute Gasteiger partial charge is 0.407 e. The molecule has 40 heavy (non-hydrogen) atoms. The fraction of sp³-hybridized carbons (Fsp3) is 0.296. The molecule has 0 radical (unpaired) electrons. The van der Waals surface area contributed by atoms with Crippen molar-refractivity contribution >= 4 is 28.9 Å². The van der Waals surface area contributed by atoms with Crippen LogP contribution in [-0.2, 0) is 18.0 Å². The van der Waals surface area contributed by atoms with Crippen molar-refractivity contribution < 1.29 is 32.9 Å². The van der Waals surface area contributed by atoms with Crippen LogP contribution in [0.1, 0.15) is 32.0 Å². The molecule has 2 aromatic heterocycles. The average Bonchev–Trinajstić information content (AvgIpc) is 3.22. The van der Waals surface area contributed by atoms with E-state index in [9.17, 15) is 23.5 Å². The number of imidazole rings is 1. The first kappa shape index (κ1) is 28.8. The molecule has 212 valence electrons. The number of aromatic amines is 1. The zero-order valence-electron chi connectivity index (χ0n) is 21.9. The van der Waals surface area contributed by atoms with Crippen LogP contribution in [0.3, 0.4) is 0 Å². The molecule has 0 aliphatic carbocycles. The third-order valence-electron chi connectivity index (χ3n) is 5.47. The predicted octanol–water partition coefficient (Wildman–Crippen LogP) is 4.62. The first-order chi connectivity index (χ1) is 19.0. The minimum atomic E-state index is -1.15. The highest BCUT2D eigenvalue weighted by Gasteiger charge is 2.19. The number of hydrogen-bond acceptors (Lipinski definition) is 7. The highest BCUT2D eigenvalue weighted by Crippen LogP contribution is 2.29. The average molecular weight is 577 g/mol. The van der Waals surface area contributed by atoms with E-state index in [-0.39, 0.29) is 53.2 Å². The van der Waals surface area contributed by atoms with Gasteiger partial charge in [0.1, 0.15) is 30.3 Å². The lowest BCUT2D eigenvalue weighted by atomic mass is 10.2. The van der Waals surface area contributed by atoms with Crippen LogP contribution >= 0.6 is 11.6 Å². The Morgan fingerprint density at radius 3 is 2.65 bits per heavy atom. The molecule has 0 saturated heterocycles. The Balaban J connectivity index is 1.52. The number of aliphatic hydroxyl groups excluding tert-OH is 1. The van der Waals surface area contributed by atoms with Crippen LogP contribution in [0.5, 0.6) is 11.5 Å². The van der Waals surface area contributed by atoms with E-state index in [1.165, 1.54) is 28.8 Å². The third-order valence-corrected chi connectivity index (χ3v) is 5.79. The second-order valence-corrected chi connectivity index (χ2v) is 10.0. The Kier molecular flexibility index (Phi) is 8.60. The first-order valence-corrected chi connectivity index (χ1v) is 12.6. The summed E-state index contributed by atoms with van der Waals surface area (Å²) in [5, 5.41) is 12.2. The fourth-order valence-corrected chi connectivity index (χ4v) is 3.92. The van der Waals surface area contributed by atoms with Gasteiger partial charge in [0.15, 0.2) is 17.3 Å². The number of rotatable bonds is 9.